The third-order valence-electron chi connectivity index (χ3n) is 14.5. The second kappa shape index (κ2) is 17.0. The lowest BCUT2D eigenvalue weighted by molar-refractivity contribution is -0.336. The van der Waals surface area contributed by atoms with Crippen molar-refractivity contribution in [3.8, 4) is 0 Å². The number of rotatable bonds is 12. The highest BCUT2D eigenvalue weighted by atomic mass is 16.7. The Morgan fingerprint density at radius 1 is 0.947 bits per heavy atom. The molecule has 6 rings (SSSR count). The first-order valence-corrected chi connectivity index (χ1v) is 21.3. The van der Waals surface area contributed by atoms with E-state index >= 15 is 0 Å². The van der Waals surface area contributed by atoms with Crippen LogP contribution in [-0.2, 0) is 38.0 Å². The van der Waals surface area contributed by atoms with E-state index in [9.17, 15) is 24.9 Å². The SMILES string of the molecule is COC(C(C)C(=O)O)C(C)C1OC2(CCC(C)(C3CCC(C)(C4OC(C5OC(O)(COC(=O)NC(C)c6ccccc6)C(C)CC5C)CC4C)O3)O2)CC(O)C1C. The molecule has 322 valence electrons. The van der Waals surface area contributed by atoms with E-state index in [2.05, 4.69) is 33.0 Å². The predicted molar refractivity (Wildman–Crippen MR) is 210 cm³/mol. The Bertz CT molecular complexity index is 1550. The number of amides is 1. The van der Waals surface area contributed by atoms with E-state index < -0.39 is 65.2 Å². The number of methoxy groups -OCH3 is 1. The fourth-order valence-electron chi connectivity index (χ4n) is 10.8. The summed E-state index contributed by atoms with van der Waals surface area (Å²) in [7, 11) is 1.52. The molecule has 5 heterocycles. The van der Waals surface area contributed by atoms with E-state index in [0.717, 1.165) is 24.8 Å². The number of carbonyl (C=O) groups is 2. The number of carbonyl (C=O) groups excluding carboxylic acids is 1. The molecular weight excluding hydrogens is 734 g/mol. The summed E-state index contributed by atoms with van der Waals surface area (Å²) in [5.41, 5.74) is -0.332. The van der Waals surface area contributed by atoms with E-state index in [1.807, 2.05) is 58.0 Å². The van der Waals surface area contributed by atoms with E-state index in [-0.39, 0.29) is 60.6 Å². The minimum Gasteiger partial charge on any atom is -0.481 e. The minimum absolute atomic E-state index is 0.0989. The van der Waals surface area contributed by atoms with Crippen LogP contribution < -0.4 is 5.32 Å². The third-order valence-corrected chi connectivity index (χ3v) is 14.5. The summed E-state index contributed by atoms with van der Waals surface area (Å²) in [6.45, 7) is 17.5. The quantitative estimate of drug-likeness (QED) is 0.184. The Balaban J connectivity index is 1.07. The van der Waals surface area contributed by atoms with Gasteiger partial charge < -0.3 is 53.8 Å². The zero-order valence-corrected chi connectivity index (χ0v) is 35.6. The number of hydrogen-bond donors (Lipinski definition) is 4. The molecule has 1 aromatic rings. The molecule has 0 aromatic heterocycles. The molecule has 1 amide bonds. The van der Waals surface area contributed by atoms with Gasteiger partial charge in [0, 0.05) is 37.7 Å². The molecule has 1 spiro atoms. The van der Waals surface area contributed by atoms with E-state index in [4.69, 9.17) is 33.2 Å². The number of aliphatic carboxylic acids is 1. The Hall–Kier alpha value is -2.36. The topological polar surface area (TPSA) is 171 Å². The predicted octanol–water partition coefficient (Wildman–Crippen LogP) is 6.38. The fraction of sp³-hybridized carbons (Fsp3) is 0.818. The largest absolute Gasteiger partial charge is 0.481 e. The van der Waals surface area contributed by atoms with Crippen LogP contribution in [0, 0.1) is 35.5 Å². The highest BCUT2D eigenvalue weighted by Gasteiger charge is 2.61. The number of benzene rings is 1. The van der Waals surface area contributed by atoms with Crippen molar-refractivity contribution in [3.05, 3.63) is 35.9 Å². The van der Waals surface area contributed by atoms with Crippen LogP contribution in [-0.4, -0.2) is 107 Å². The number of alkyl carbamates (subject to hydrolysis) is 1. The average Bonchev–Trinajstić information content (AvgIpc) is 3.87. The monoisotopic (exact) mass is 803 g/mol. The molecule has 0 saturated carbocycles. The third kappa shape index (κ3) is 8.92. The Kier molecular flexibility index (Phi) is 13.1. The van der Waals surface area contributed by atoms with Gasteiger partial charge in [-0.3, -0.25) is 4.79 Å². The zero-order valence-electron chi connectivity index (χ0n) is 35.6. The van der Waals surface area contributed by atoms with Crippen molar-refractivity contribution >= 4 is 12.1 Å². The van der Waals surface area contributed by atoms with Gasteiger partial charge in [-0.15, -0.1) is 0 Å². The summed E-state index contributed by atoms with van der Waals surface area (Å²) in [4.78, 5) is 24.7. The van der Waals surface area contributed by atoms with Gasteiger partial charge >= 0.3 is 12.1 Å². The van der Waals surface area contributed by atoms with Crippen molar-refractivity contribution in [1.82, 2.24) is 5.32 Å². The molecule has 18 atom stereocenters. The van der Waals surface area contributed by atoms with Crippen LogP contribution in [0.3, 0.4) is 0 Å². The fourth-order valence-corrected chi connectivity index (χ4v) is 10.8. The van der Waals surface area contributed by atoms with Gasteiger partial charge in [0.05, 0.1) is 65.9 Å². The summed E-state index contributed by atoms with van der Waals surface area (Å²) >= 11 is 0. The van der Waals surface area contributed by atoms with Gasteiger partial charge in [0.2, 0.25) is 5.79 Å². The lowest BCUT2D eigenvalue weighted by Crippen LogP contribution is -2.57. The normalized spacial score (nSPS) is 44.4. The summed E-state index contributed by atoms with van der Waals surface area (Å²) in [5, 5.41) is 35.7. The Morgan fingerprint density at radius 3 is 2.32 bits per heavy atom. The van der Waals surface area contributed by atoms with Gasteiger partial charge in [-0.1, -0.05) is 65.0 Å². The van der Waals surface area contributed by atoms with Crippen LogP contribution in [0.1, 0.15) is 119 Å². The molecule has 18 unspecified atom stereocenters. The van der Waals surface area contributed by atoms with Crippen molar-refractivity contribution < 1.29 is 58.1 Å². The highest BCUT2D eigenvalue weighted by Crippen LogP contribution is 2.54. The van der Waals surface area contributed by atoms with Crippen LogP contribution in [0.4, 0.5) is 4.79 Å². The molecular formula is C44H69NO12. The lowest BCUT2D eigenvalue weighted by Gasteiger charge is -2.48. The Labute approximate surface area is 338 Å². The van der Waals surface area contributed by atoms with Gasteiger partial charge in [-0.05, 0) is 77.2 Å². The Morgan fingerprint density at radius 2 is 1.65 bits per heavy atom. The molecule has 0 radical (unpaired) electrons. The summed E-state index contributed by atoms with van der Waals surface area (Å²) in [5.74, 6) is -4.96. The van der Waals surface area contributed by atoms with Gasteiger partial charge in [-0.2, -0.15) is 0 Å². The number of carboxylic acid groups (broad SMARTS) is 1. The van der Waals surface area contributed by atoms with Gasteiger partial charge in [0.15, 0.2) is 5.79 Å². The number of nitrogens with one attached hydrogen (secondary N) is 1. The first-order valence-electron chi connectivity index (χ1n) is 21.3. The summed E-state index contributed by atoms with van der Waals surface area (Å²) < 4.78 is 45.3. The molecule has 57 heavy (non-hydrogen) atoms. The zero-order chi connectivity index (χ0) is 41.7. The maximum Gasteiger partial charge on any atom is 0.407 e. The maximum absolute atomic E-state index is 12.8. The van der Waals surface area contributed by atoms with Crippen molar-refractivity contribution in [1.29, 1.82) is 0 Å². The van der Waals surface area contributed by atoms with E-state index in [1.165, 1.54) is 7.11 Å². The smallest absolute Gasteiger partial charge is 0.407 e. The van der Waals surface area contributed by atoms with E-state index in [1.54, 1.807) is 6.92 Å². The highest BCUT2D eigenvalue weighted by molar-refractivity contribution is 5.70. The first kappa shape index (κ1) is 44.2. The van der Waals surface area contributed by atoms with Gasteiger partial charge in [-0.25, -0.2) is 4.79 Å². The van der Waals surface area contributed by atoms with Crippen molar-refractivity contribution in [2.24, 2.45) is 35.5 Å². The van der Waals surface area contributed by atoms with Gasteiger partial charge in [0.25, 0.3) is 0 Å². The maximum atomic E-state index is 12.8. The van der Waals surface area contributed by atoms with Crippen LogP contribution in [0.5, 0.6) is 0 Å². The molecule has 5 aliphatic heterocycles. The second-order valence-electron chi connectivity index (χ2n) is 18.9. The average molecular weight is 804 g/mol. The molecule has 5 saturated heterocycles. The van der Waals surface area contributed by atoms with E-state index in [0.29, 0.717) is 25.7 Å². The van der Waals surface area contributed by atoms with Crippen molar-refractivity contribution in [3.63, 3.8) is 0 Å². The summed E-state index contributed by atoms with van der Waals surface area (Å²) in [6.07, 6.45) is 0.955. The van der Waals surface area contributed by atoms with Crippen LogP contribution in [0.25, 0.3) is 0 Å². The molecule has 13 nitrogen and oxygen atoms in total. The lowest BCUT2D eigenvalue weighted by atomic mass is 9.78. The molecule has 0 aliphatic carbocycles. The number of carboxylic acids is 1. The molecule has 4 N–H and O–H groups in total. The summed E-state index contributed by atoms with van der Waals surface area (Å²) in [6, 6.07) is 9.35. The second-order valence-corrected chi connectivity index (χ2v) is 18.9. The molecule has 5 fully saturated rings. The molecule has 0 bridgehead atoms. The molecule has 1 aromatic carbocycles. The molecule has 5 aliphatic rings. The first-order chi connectivity index (χ1) is 26.7. The number of aliphatic hydroxyl groups is 2. The van der Waals surface area contributed by atoms with Crippen molar-refractivity contribution in [2.45, 2.75) is 179 Å². The van der Waals surface area contributed by atoms with Crippen molar-refractivity contribution in [2.75, 3.05) is 13.7 Å². The number of ether oxygens (including phenoxy) is 7. The van der Waals surface area contributed by atoms with Crippen LogP contribution in [0.2, 0.25) is 0 Å². The van der Waals surface area contributed by atoms with Crippen LogP contribution >= 0.6 is 0 Å². The standard InChI is InChI=1S/C44H69NO12/c1-24-20-26(3)44(50,23-52-40(49)45-30(7)31-14-12-11-13-15-31)56-35(24)33-21-25(2)38(53-33)42(9)17-16-34(54-42)41(8)18-19-43(57-41)22-32(46)27(4)37(55-43)28(5)36(51-10)29(6)39(47)48/h11-15,24-30,32-38,46,50H,16-23H2,1-10H3,(H,45,49)(H,47,48). The van der Waals surface area contributed by atoms with Gasteiger partial charge in [0.1, 0.15) is 6.61 Å². The number of aliphatic hydroxyl groups excluding tert-OH is 1. The van der Waals surface area contributed by atoms with Crippen LogP contribution in [0.15, 0.2) is 30.3 Å². The molecule has 13 heteroatoms. The minimum atomic E-state index is -1.67. The number of hydrogen-bond acceptors (Lipinski definition) is 11.